The number of Topliss-reactive ketones (excluding diaryl/α,β-unsaturated/α-hetero) is 1. The highest BCUT2D eigenvalue weighted by atomic mass is 35.5. The molecule has 0 radical (unpaired) electrons. The van der Waals surface area contributed by atoms with Crippen LogP contribution in [0, 0.1) is 11.8 Å². The van der Waals surface area contributed by atoms with Crippen molar-refractivity contribution >= 4 is 29.0 Å². The van der Waals surface area contributed by atoms with E-state index < -0.39 is 0 Å². The van der Waals surface area contributed by atoms with Crippen molar-refractivity contribution in [2.75, 3.05) is 0 Å². The largest absolute Gasteiger partial charge is 0.299 e. The Morgan fingerprint density at radius 3 is 2.76 bits per heavy atom. The van der Waals surface area contributed by atoms with Crippen molar-refractivity contribution in [2.45, 2.75) is 32.6 Å². The summed E-state index contributed by atoms with van der Waals surface area (Å²) in [5.74, 6) is 1.03. The first kappa shape index (κ1) is 12.9. The molecule has 2 rings (SSSR count). The zero-order valence-electron chi connectivity index (χ0n) is 9.88. The minimum absolute atomic E-state index is 0.213. The van der Waals surface area contributed by atoms with Crippen molar-refractivity contribution in [3.63, 3.8) is 0 Å². The fraction of sp³-hybridized carbons (Fsp3) is 0.500. The van der Waals surface area contributed by atoms with Crippen molar-refractivity contribution in [3.8, 4) is 0 Å². The molecule has 3 heteroatoms. The lowest BCUT2D eigenvalue weighted by Gasteiger charge is -2.14. The highest BCUT2D eigenvalue weighted by Crippen LogP contribution is 2.33. The molecule has 17 heavy (non-hydrogen) atoms. The normalized spacial score (nSPS) is 23.9. The van der Waals surface area contributed by atoms with Gasteiger partial charge in [0.25, 0.3) is 0 Å². The Labute approximate surface area is 112 Å². The number of rotatable bonds is 3. The molecule has 1 nitrogen and oxygen atoms in total. The van der Waals surface area contributed by atoms with Gasteiger partial charge in [0.15, 0.2) is 0 Å². The van der Waals surface area contributed by atoms with E-state index in [2.05, 4.69) is 6.92 Å². The van der Waals surface area contributed by atoms with Crippen molar-refractivity contribution in [1.29, 1.82) is 0 Å². The molecule has 1 aliphatic carbocycles. The van der Waals surface area contributed by atoms with E-state index in [1.165, 1.54) is 12.8 Å². The van der Waals surface area contributed by atoms with E-state index in [-0.39, 0.29) is 5.92 Å². The third kappa shape index (κ3) is 3.02. The molecule has 0 aliphatic heterocycles. The van der Waals surface area contributed by atoms with Crippen LogP contribution in [0.3, 0.4) is 0 Å². The fourth-order valence-electron chi connectivity index (χ4n) is 2.62. The van der Waals surface area contributed by atoms with E-state index in [9.17, 15) is 4.79 Å². The van der Waals surface area contributed by atoms with Gasteiger partial charge < -0.3 is 0 Å². The first-order valence-corrected chi connectivity index (χ1v) is 6.80. The van der Waals surface area contributed by atoms with Crippen LogP contribution in [0.5, 0.6) is 0 Å². The molecule has 1 saturated carbocycles. The third-order valence-corrected chi connectivity index (χ3v) is 4.25. The lowest BCUT2D eigenvalue weighted by Crippen LogP contribution is -2.19. The van der Waals surface area contributed by atoms with Gasteiger partial charge in [-0.2, -0.15) is 0 Å². The van der Waals surface area contributed by atoms with Crippen molar-refractivity contribution in [1.82, 2.24) is 0 Å². The molecule has 0 amide bonds. The minimum Gasteiger partial charge on any atom is -0.299 e. The molecule has 1 fully saturated rings. The smallest absolute Gasteiger partial charge is 0.140 e. The van der Waals surface area contributed by atoms with E-state index in [1.807, 2.05) is 0 Å². The number of hydrogen-bond acceptors (Lipinski definition) is 1. The van der Waals surface area contributed by atoms with Gasteiger partial charge in [-0.05, 0) is 42.5 Å². The van der Waals surface area contributed by atoms with Gasteiger partial charge in [0.1, 0.15) is 5.78 Å². The molecule has 2 atom stereocenters. The predicted molar refractivity (Wildman–Crippen MR) is 71.7 cm³/mol. The SMILES string of the molecule is CC1CCCC1C(=O)Cc1cc(Cl)ccc1Cl. The molecule has 0 N–H and O–H groups in total. The Morgan fingerprint density at radius 2 is 2.12 bits per heavy atom. The number of carbonyl (C=O) groups is 1. The van der Waals surface area contributed by atoms with E-state index >= 15 is 0 Å². The van der Waals surface area contributed by atoms with Gasteiger partial charge in [0.05, 0.1) is 0 Å². The Morgan fingerprint density at radius 1 is 1.35 bits per heavy atom. The van der Waals surface area contributed by atoms with Crippen LogP contribution in [-0.2, 0) is 11.2 Å². The second-order valence-corrected chi connectivity index (χ2v) is 5.74. The standard InChI is InChI=1S/C14H16Cl2O/c1-9-3-2-4-12(9)14(17)8-10-7-11(15)5-6-13(10)16/h5-7,9,12H,2-4,8H2,1H3. The molecule has 0 saturated heterocycles. The Kier molecular flexibility index (Phi) is 4.11. The Balaban J connectivity index is 2.10. The Bertz CT molecular complexity index is 428. The second-order valence-electron chi connectivity index (χ2n) is 4.89. The maximum atomic E-state index is 12.2. The van der Waals surface area contributed by atoms with Crippen LogP contribution in [0.25, 0.3) is 0 Å². The molecule has 0 bridgehead atoms. The maximum Gasteiger partial charge on any atom is 0.140 e. The number of ketones is 1. The van der Waals surface area contributed by atoms with Crippen molar-refractivity contribution < 1.29 is 4.79 Å². The van der Waals surface area contributed by atoms with Crippen LogP contribution >= 0.6 is 23.2 Å². The van der Waals surface area contributed by atoms with E-state index in [0.29, 0.717) is 28.2 Å². The minimum atomic E-state index is 0.213. The Hall–Kier alpha value is -0.530. The van der Waals surface area contributed by atoms with Gasteiger partial charge in [0.2, 0.25) is 0 Å². The summed E-state index contributed by atoms with van der Waals surface area (Å²) in [5.41, 5.74) is 0.850. The number of benzene rings is 1. The molecule has 92 valence electrons. The summed E-state index contributed by atoms with van der Waals surface area (Å²) in [4.78, 5) is 12.2. The van der Waals surface area contributed by atoms with Gasteiger partial charge in [-0.3, -0.25) is 4.79 Å². The van der Waals surface area contributed by atoms with E-state index in [4.69, 9.17) is 23.2 Å². The molecule has 1 aromatic carbocycles. The summed E-state index contributed by atoms with van der Waals surface area (Å²) >= 11 is 12.0. The quantitative estimate of drug-likeness (QED) is 0.788. The molecule has 0 spiro atoms. The average Bonchev–Trinajstić information content (AvgIpc) is 2.70. The summed E-state index contributed by atoms with van der Waals surface area (Å²) in [6, 6.07) is 5.29. The van der Waals surface area contributed by atoms with Gasteiger partial charge in [-0.1, -0.05) is 36.5 Å². The third-order valence-electron chi connectivity index (χ3n) is 3.65. The number of hydrogen-bond donors (Lipinski definition) is 0. The van der Waals surface area contributed by atoms with Crippen molar-refractivity contribution in [2.24, 2.45) is 11.8 Å². The average molecular weight is 271 g/mol. The first-order chi connectivity index (χ1) is 8.08. The highest BCUT2D eigenvalue weighted by molar-refractivity contribution is 6.33. The second kappa shape index (κ2) is 5.41. The highest BCUT2D eigenvalue weighted by Gasteiger charge is 2.29. The number of halogens is 2. The first-order valence-electron chi connectivity index (χ1n) is 6.04. The number of carbonyl (C=O) groups excluding carboxylic acids is 1. The van der Waals surface area contributed by atoms with Crippen LogP contribution in [0.2, 0.25) is 10.0 Å². The molecular weight excluding hydrogens is 255 g/mol. The predicted octanol–water partition coefficient (Wildman–Crippen LogP) is 4.54. The summed E-state index contributed by atoms with van der Waals surface area (Å²) in [6.45, 7) is 2.16. The van der Waals surface area contributed by atoms with Crippen LogP contribution in [0.15, 0.2) is 18.2 Å². The van der Waals surface area contributed by atoms with Crippen molar-refractivity contribution in [3.05, 3.63) is 33.8 Å². The molecule has 2 unspecified atom stereocenters. The fourth-order valence-corrected chi connectivity index (χ4v) is 3.00. The van der Waals surface area contributed by atoms with E-state index in [0.717, 1.165) is 12.0 Å². The van der Waals surface area contributed by atoms with Crippen LogP contribution in [-0.4, -0.2) is 5.78 Å². The molecule has 1 aliphatic rings. The molecule has 0 aromatic heterocycles. The van der Waals surface area contributed by atoms with Gasteiger partial charge in [-0.15, -0.1) is 0 Å². The summed E-state index contributed by atoms with van der Waals surface area (Å²) < 4.78 is 0. The van der Waals surface area contributed by atoms with Crippen LogP contribution in [0.1, 0.15) is 31.7 Å². The molecular formula is C14H16Cl2O. The summed E-state index contributed by atoms with van der Waals surface area (Å²) in [7, 11) is 0. The van der Waals surface area contributed by atoms with Gasteiger partial charge >= 0.3 is 0 Å². The monoisotopic (exact) mass is 270 g/mol. The molecule has 0 heterocycles. The topological polar surface area (TPSA) is 17.1 Å². The van der Waals surface area contributed by atoms with E-state index in [1.54, 1.807) is 18.2 Å². The summed E-state index contributed by atoms with van der Waals surface area (Å²) in [5, 5.41) is 1.27. The maximum absolute atomic E-state index is 12.2. The molecule has 1 aromatic rings. The van der Waals surface area contributed by atoms with Crippen LogP contribution in [0.4, 0.5) is 0 Å². The van der Waals surface area contributed by atoms with Crippen LogP contribution < -0.4 is 0 Å². The zero-order chi connectivity index (χ0) is 12.4. The lowest BCUT2D eigenvalue weighted by atomic mass is 9.90. The summed E-state index contributed by atoms with van der Waals surface area (Å²) in [6.07, 6.45) is 3.77. The van der Waals surface area contributed by atoms with Gasteiger partial charge in [0, 0.05) is 22.4 Å². The zero-order valence-corrected chi connectivity index (χ0v) is 11.4. The lowest BCUT2D eigenvalue weighted by molar-refractivity contribution is -0.123. The van der Waals surface area contributed by atoms with Gasteiger partial charge in [-0.25, -0.2) is 0 Å².